The molecule has 23 heavy (non-hydrogen) atoms. The highest BCUT2D eigenvalue weighted by molar-refractivity contribution is 5.74. The number of aryl methyl sites for hydroxylation is 2. The number of nitrogens with one attached hydrogen (secondary N) is 2. The van der Waals surface area contributed by atoms with E-state index >= 15 is 0 Å². The average molecular weight is 332 g/mol. The Balaban J connectivity index is 1.88. The first-order valence-corrected chi connectivity index (χ1v) is 6.61. The average Bonchev–Trinajstić information content (AvgIpc) is 3.02. The lowest BCUT2D eigenvalue weighted by atomic mass is 10.1. The second-order valence-corrected chi connectivity index (χ2v) is 4.90. The molecule has 0 saturated heterocycles. The van der Waals surface area contributed by atoms with E-state index in [0.717, 1.165) is 11.3 Å². The number of amides is 2. The summed E-state index contributed by atoms with van der Waals surface area (Å²) in [5.74, 6) is -1.72. The topological polar surface area (TPSA) is 97.9 Å². The third-order valence-corrected chi connectivity index (χ3v) is 2.99. The standard InChI is InChI=1S/C12H15F3N6O2/c1-6(8-5-21(3)19-7(8)2)17-11(22)16-4-9-18-10(20-23-9)12(13,14)15/h5-6H,4H2,1-3H3,(H2,16,17,22)/t6-/m0/s1. The first-order valence-electron chi connectivity index (χ1n) is 6.61. The van der Waals surface area contributed by atoms with Gasteiger partial charge in [0.15, 0.2) is 0 Å². The van der Waals surface area contributed by atoms with Crippen LogP contribution in [0.1, 0.15) is 35.9 Å². The molecule has 0 spiro atoms. The van der Waals surface area contributed by atoms with E-state index in [0.29, 0.717) is 0 Å². The Morgan fingerprint density at radius 3 is 2.70 bits per heavy atom. The number of rotatable bonds is 4. The monoisotopic (exact) mass is 332 g/mol. The van der Waals surface area contributed by atoms with Crippen LogP contribution in [0.25, 0.3) is 0 Å². The fourth-order valence-electron chi connectivity index (χ4n) is 1.97. The van der Waals surface area contributed by atoms with Crippen molar-refractivity contribution in [3.63, 3.8) is 0 Å². The van der Waals surface area contributed by atoms with Crippen molar-refractivity contribution in [1.29, 1.82) is 0 Å². The van der Waals surface area contributed by atoms with Crippen LogP contribution in [0.3, 0.4) is 0 Å². The lowest BCUT2D eigenvalue weighted by Gasteiger charge is -2.13. The fraction of sp³-hybridized carbons (Fsp3) is 0.500. The summed E-state index contributed by atoms with van der Waals surface area (Å²) in [6.45, 7) is 3.26. The number of carbonyl (C=O) groups excluding carboxylic acids is 1. The van der Waals surface area contributed by atoms with E-state index in [2.05, 4.69) is 30.4 Å². The molecule has 0 unspecified atom stereocenters. The van der Waals surface area contributed by atoms with Crippen molar-refractivity contribution in [2.45, 2.75) is 32.6 Å². The molecule has 8 nitrogen and oxygen atoms in total. The number of alkyl halides is 3. The Labute approximate surface area is 129 Å². The van der Waals surface area contributed by atoms with Gasteiger partial charge in [-0.15, -0.1) is 0 Å². The van der Waals surface area contributed by atoms with Gasteiger partial charge in [-0.1, -0.05) is 5.16 Å². The van der Waals surface area contributed by atoms with Crippen LogP contribution in [-0.2, 0) is 19.8 Å². The zero-order valence-corrected chi connectivity index (χ0v) is 12.6. The predicted octanol–water partition coefficient (Wildman–Crippen LogP) is 1.69. The molecular formula is C12H15F3N6O2. The van der Waals surface area contributed by atoms with Crippen molar-refractivity contribution < 1.29 is 22.5 Å². The Hall–Kier alpha value is -2.59. The Morgan fingerprint density at radius 2 is 2.17 bits per heavy atom. The third kappa shape index (κ3) is 4.20. The van der Waals surface area contributed by atoms with Gasteiger partial charge < -0.3 is 15.2 Å². The van der Waals surface area contributed by atoms with Crippen LogP contribution in [0.15, 0.2) is 10.7 Å². The molecule has 126 valence electrons. The van der Waals surface area contributed by atoms with Crippen molar-refractivity contribution >= 4 is 6.03 Å². The Bertz CT molecular complexity index is 693. The molecule has 2 aromatic rings. The summed E-state index contributed by atoms with van der Waals surface area (Å²) in [7, 11) is 1.76. The van der Waals surface area contributed by atoms with Gasteiger partial charge in [-0.2, -0.15) is 23.3 Å². The zero-order chi connectivity index (χ0) is 17.2. The van der Waals surface area contributed by atoms with E-state index in [1.165, 1.54) is 0 Å². The minimum Gasteiger partial charge on any atom is -0.337 e. The summed E-state index contributed by atoms with van der Waals surface area (Å²) in [5, 5.41) is 12.0. The van der Waals surface area contributed by atoms with Gasteiger partial charge in [0.2, 0.25) is 5.89 Å². The van der Waals surface area contributed by atoms with E-state index in [9.17, 15) is 18.0 Å². The Morgan fingerprint density at radius 1 is 1.48 bits per heavy atom. The van der Waals surface area contributed by atoms with Gasteiger partial charge in [0, 0.05) is 18.8 Å². The largest absolute Gasteiger partial charge is 0.455 e. The van der Waals surface area contributed by atoms with E-state index in [-0.39, 0.29) is 18.5 Å². The number of aromatic nitrogens is 4. The van der Waals surface area contributed by atoms with Crippen LogP contribution in [0.2, 0.25) is 0 Å². The summed E-state index contributed by atoms with van der Waals surface area (Å²) < 4.78 is 43.0. The van der Waals surface area contributed by atoms with Gasteiger partial charge in [0.25, 0.3) is 5.82 Å². The lowest BCUT2D eigenvalue weighted by Crippen LogP contribution is -2.36. The van der Waals surface area contributed by atoms with Crippen LogP contribution < -0.4 is 10.6 Å². The minimum atomic E-state index is -4.68. The van der Waals surface area contributed by atoms with E-state index < -0.39 is 18.0 Å². The van der Waals surface area contributed by atoms with E-state index in [4.69, 9.17) is 0 Å². The number of carbonyl (C=O) groups is 1. The summed E-state index contributed by atoms with van der Waals surface area (Å²) in [4.78, 5) is 14.9. The van der Waals surface area contributed by atoms with Crippen molar-refractivity contribution in [2.75, 3.05) is 0 Å². The van der Waals surface area contributed by atoms with Crippen LogP contribution in [0.4, 0.5) is 18.0 Å². The van der Waals surface area contributed by atoms with Gasteiger partial charge in [-0.25, -0.2) is 4.79 Å². The van der Waals surface area contributed by atoms with Gasteiger partial charge in [0.05, 0.1) is 18.3 Å². The third-order valence-electron chi connectivity index (χ3n) is 2.99. The molecule has 0 saturated carbocycles. The molecule has 0 fully saturated rings. The second kappa shape index (κ2) is 6.26. The van der Waals surface area contributed by atoms with Crippen LogP contribution >= 0.6 is 0 Å². The molecule has 0 bridgehead atoms. The van der Waals surface area contributed by atoms with Crippen molar-refractivity contribution in [1.82, 2.24) is 30.6 Å². The van der Waals surface area contributed by atoms with Crippen molar-refractivity contribution in [2.24, 2.45) is 7.05 Å². The number of urea groups is 1. The Kier molecular flexibility index (Phi) is 4.57. The molecule has 0 aliphatic rings. The van der Waals surface area contributed by atoms with Crippen LogP contribution in [0.5, 0.6) is 0 Å². The lowest BCUT2D eigenvalue weighted by molar-refractivity contribution is -0.146. The number of hydrogen-bond acceptors (Lipinski definition) is 5. The molecule has 0 aromatic carbocycles. The molecule has 0 aliphatic heterocycles. The highest BCUT2D eigenvalue weighted by Gasteiger charge is 2.37. The van der Waals surface area contributed by atoms with E-state index in [1.807, 2.05) is 6.92 Å². The number of hydrogen-bond donors (Lipinski definition) is 2. The first kappa shape index (κ1) is 16.8. The molecule has 0 radical (unpaired) electrons. The van der Waals surface area contributed by atoms with Gasteiger partial charge in [-0.3, -0.25) is 4.68 Å². The van der Waals surface area contributed by atoms with Gasteiger partial charge in [0.1, 0.15) is 0 Å². The SMILES string of the molecule is Cc1nn(C)cc1[C@H](C)NC(=O)NCc1nc(C(F)(F)F)no1. The maximum Gasteiger partial charge on any atom is 0.455 e. The number of halogens is 3. The molecule has 2 heterocycles. The zero-order valence-electron chi connectivity index (χ0n) is 12.6. The maximum atomic E-state index is 12.3. The molecule has 11 heteroatoms. The summed E-state index contributed by atoms with van der Waals surface area (Å²) in [6, 6.07) is -0.898. The normalized spacial score (nSPS) is 13.0. The van der Waals surface area contributed by atoms with E-state index in [1.54, 1.807) is 24.9 Å². The molecule has 0 aliphatic carbocycles. The predicted molar refractivity (Wildman–Crippen MR) is 71.0 cm³/mol. The minimum absolute atomic E-state index is 0.312. The van der Waals surface area contributed by atoms with Gasteiger partial charge >= 0.3 is 12.2 Å². The molecule has 2 amide bonds. The molecule has 2 aromatic heterocycles. The fourth-order valence-corrected chi connectivity index (χ4v) is 1.97. The molecule has 2 rings (SSSR count). The summed E-state index contributed by atoms with van der Waals surface area (Å²) in [6.07, 6.45) is -2.91. The summed E-state index contributed by atoms with van der Waals surface area (Å²) >= 11 is 0. The van der Waals surface area contributed by atoms with Crippen LogP contribution in [-0.4, -0.2) is 26.0 Å². The summed E-state index contributed by atoms with van der Waals surface area (Å²) in [5.41, 5.74) is 1.60. The quantitative estimate of drug-likeness (QED) is 0.888. The molecular weight excluding hydrogens is 317 g/mol. The molecule has 2 N–H and O–H groups in total. The van der Waals surface area contributed by atoms with Gasteiger partial charge in [-0.05, 0) is 13.8 Å². The second-order valence-electron chi connectivity index (χ2n) is 4.90. The maximum absolute atomic E-state index is 12.3. The molecule has 1 atom stereocenters. The number of nitrogens with zero attached hydrogens (tertiary/aromatic N) is 4. The van der Waals surface area contributed by atoms with Crippen molar-refractivity contribution in [3.05, 3.63) is 29.2 Å². The highest BCUT2D eigenvalue weighted by atomic mass is 19.4. The first-order chi connectivity index (χ1) is 10.7. The highest BCUT2D eigenvalue weighted by Crippen LogP contribution is 2.26. The van der Waals surface area contributed by atoms with Crippen molar-refractivity contribution in [3.8, 4) is 0 Å². The van der Waals surface area contributed by atoms with Crippen LogP contribution in [0, 0.1) is 6.92 Å². The smallest absolute Gasteiger partial charge is 0.337 e.